The summed E-state index contributed by atoms with van der Waals surface area (Å²) in [6, 6.07) is 3.81. The number of amides is 2. The Morgan fingerprint density at radius 2 is 1.70 bits per heavy atom. The predicted molar refractivity (Wildman–Crippen MR) is 74.7 cm³/mol. The van der Waals surface area contributed by atoms with E-state index in [4.69, 9.17) is 0 Å². The molecule has 1 rings (SSSR count). The lowest BCUT2D eigenvalue weighted by Gasteiger charge is -2.23. The Morgan fingerprint density at radius 3 is 2.20 bits per heavy atom. The first kappa shape index (κ1) is 15.8. The molecule has 0 aliphatic rings. The van der Waals surface area contributed by atoms with E-state index in [0.717, 1.165) is 0 Å². The average Bonchev–Trinajstić information content (AvgIpc) is 2.42. The van der Waals surface area contributed by atoms with Crippen molar-refractivity contribution in [3.8, 4) is 11.5 Å². The topological polar surface area (TPSA) is 81.1 Å². The highest BCUT2D eigenvalue weighted by Gasteiger charge is 2.18. The lowest BCUT2D eigenvalue weighted by atomic mass is 10.2. The second-order valence-corrected chi connectivity index (χ2v) is 4.43. The van der Waals surface area contributed by atoms with Crippen LogP contribution in [0.25, 0.3) is 0 Å². The van der Waals surface area contributed by atoms with Gasteiger partial charge in [-0.25, -0.2) is 0 Å². The Balaban J connectivity index is 2.76. The van der Waals surface area contributed by atoms with Gasteiger partial charge < -0.3 is 20.0 Å². The molecule has 0 heterocycles. The van der Waals surface area contributed by atoms with Gasteiger partial charge >= 0.3 is 0 Å². The minimum Gasteiger partial charge on any atom is -0.504 e. The van der Waals surface area contributed by atoms with Crippen LogP contribution in [0.4, 0.5) is 0 Å². The van der Waals surface area contributed by atoms with E-state index in [9.17, 15) is 19.8 Å². The second kappa shape index (κ2) is 6.79. The van der Waals surface area contributed by atoms with Gasteiger partial charge in [-0.1, -0.05) is 0 Å². The summed E-state index contributed by atoms with van der Waals surface area (Å²) in [4.78, 5) is 26.9. The van der Waals surface area contributed by atoms with Crippen LogP contribution in [0.3, 0.4) is 0 Å². The Labute approximate surface area is 118 Å². The van der Waals surface area contributed by atoms with Gasteiger partial charge in [0, 0.05) is 25.7 Å². The van der Waals surface area contributed by atoms with Crippen molar-refractivity contribution >= 4 is 11.8 Å². The van der Waals surface area contributed by atoms with Crippen molar-refractivity contribution < 1.29 is 19.8 Å². The zero-order chi connectivity index (χ0) is 15.3. The Kier molecular flexibility index (Phi) is 5.37. The summed E-state index contributed by atoms with van der Waals surface area (Å²) in [6.45, 7) is 4.92. The van der Waals surface area contributed by atoms with E-state index in [1.165, 1.54) is 30.1 Å². The van der Waals surface area contributed by atoms with Gasteiger partial charge in [0.05, 0.1) is 6.54 Å². The monoisotopic (exact) mass is 280 g/mol. The highest BCUT2D eigenvalue weighted by Crippen LogP contribution is 2.25. The number of nitrogens with zero attached hydrogens (tertiary/aromatic N) is 2. The van der Waals surface area contributed by atoms with Gasteiger partial charge in [0.15, 0.2) is 11.5 Å². The van der Waals surface area contributed by atoms with Gasteiger partial charge in [-0.2, -0.15) is 0 Å². The largest absolute Gasteiger partial charge is 0.504 e. The van der Waals surface area contributed by atoms with Crippen LogP contribution in [0.2, 0.25) is 0 Å². The molecule has 1 aromatic carbocycles. The molecular weight excluding hydrogens is 260 g/mol. The summed E-state index contributed by atoms with van der Waals surface area (Å²) < 4.78 is 0. The highest BCUT2D eigenvalue weighted by molar-refractivity contribution is 5.96. The van der Waals surface area contributed by atoms with Crippen LogP contribution in [0.1, 0.15) is 24.2 Å². The lowest BCUT2D eigenvalue weighted by molar-refractivity contribution is -0.131. The average molecular weight is 280 g/mol. The van der Waals surface area contributed by atoms with Crippen LogP contribution >= 0.6 is 0 Å². The predicted octanol–water partition coefficient (Wildman–Crippen LogP) is 1.04. The maximum Gasteiger partial charge on any atom is 0.254 e. The van der Waals surface area contributed by atoms with E-state index >= 15 is 0 Å². The van der Waals surface area contributed by atoms with Crippen molar-refractivity contribution in [2.24, 2.45) is 0 Å². The van der Waals surface area contributed by atoms with Crippen molar-refractivity contribution in [1.82, 2.24) is 9.80 Å². The van der Waals surface area contributed by atoms with Crippen LogP contribution in [-0.4, -0.2) is 58.5 Å². The van der Waals surface area contributed by atoms with Gasteiger partial charge in [-0.15, -0.1) is 0 Å². The molecular formula is C14H20N2O4. The van der Waals surface area contributed by atoms with Gasteiger partial charge in [0.1, 0.15) is 0 Å². The molecule has 0 fully saturated rings. The van der Waals surface area contributed by atoms with Crippen LogP contribution in [0, 0.1) is 0 Å². The fourth-order valence-corrected chi connectivity index (χ4v) is 1.83. The second-order valence-electron chi connectivity index (χ2n) is 4.43. The number of hydrogen-bond acceptors (Lipinski definition) is 4. The molecule has 0 radical (unpaired) electrons. The molecule has 2 N–H and O–H groups in total. The van der Waals surface area contributed by atoms with Gasteiger partial charge in [0.25, 0.3) is 5.91 Å². The van der Waals surface area contributed by atoms with Crippen molar-refractivity contribution in [2.75, 3.05) is 26.7 Å². The molecule has 0 saturated heterocycles. The van der Waals surface area contributed by atoms with Crippen LogP contribution in [-0.2, 0) is 4.79 Å². The van der Waals surface area contributed by atoms with E-state index in [-0.39, 0.29) is 35.4 Å². The Morgan fingerprint density at radius 1 is 1.10 bits per heavy atom. The number of phenols is 2. The normalized spacial score (nSPS) is 10.2. The number of hydrogen-bond donors (Lipinski definition) is 2. The zero-order valence-electron chi connectivity index (χ0n) is 12.0. The summed E-state index contributed by atoms with van der Waals surface area (Å²) in [5.74, 6) is -1.17. The summed E-state index contributed by atoms with van der Waals surface area (Å²) >= 11 is 0. The molecule has 0 spiro atoms. The van der Waals surface area contributed by atoms with Gasteiger partial charge in [0.2, 0.25) is 5.91 Å². The maximum absolute atomic E-state index is 12.1. The molecule has 0 atom stereocenters. The number of benzene rings is 1. The van der Waals surface area contributed by atoms with E-state index in [0.29, 0.717) is 13.1 Å². The number of carbonyl (C=O) groups is 2. The number of phenolic OH excluding ortho intramolecular Hbond substituents is 2. The third-order valence-electron chi connectivity index (χ3n) is 3.06. The van der Waals surface area contributed by atoms with Crippen molar-refractivity contribution in [1.29, 1.82) is 0 Å². The number of aromatic hydroxyl groups is 2. The molecule has 20 heavy (non-hydrogen) atoms. The van der Waals surface area contributed by atoms with E-state index in [1.807, 2.05) is 13.8 Å². The lowest BCUT2D eigenvalue weighted by Crippen LogP contribution is -2.41. The fraction of sp³-hybridized carbons (Fsp3) is 0.429. The molecule has 0 unspecified atom stereocenters. The van der Waals surface area contributed by atoms with Crippen LogP contribution in [0.5, 0.6) is 11.5 Å². The van der Waals surface area contributed by atoms with Crippen molar-refractivity contribution in [3.05, 3.63) is 23.8 Å². The molecule has 0 aliphatic carbocycles. The highest BCUT2D eigenvalue weighted by atomic mass is 16.3. The first-order chi connectivity index (χ1) is 9.40. The first-order valence-electron chi connectivity index (χ1n) is 6.45. The number of carbonyl (C=O) groups excluding carboxylic acids is 2. The zero-order valence-corrected chi connectivity index (χ0v) is 12.0. The van der Waals surface area contributed by atoms with E-state index in [1.54, 1.807) is 4.90 Å². The van der Waals surface area contributed by atoms with Gasteiger partial charge in [-0.3, -0.25) is 9.59 Å². The SMILES string of the molecule is CCN(CC)C(=O)CN(C)C(=O)c1ccc(O)c(O)c1. The smallest absolute Gasteiger partial charge is 0.254 e. The Bertz CT molecular complexity index is 498. The molecule has 0 bridgehead atoms. The first-order valence-corrected chi connectivity index (χ1v) is 6.45. The molecule has 1 aromatic rings. The number of likely N-dealkylation sites (N-methyl/N-ethyl adjacent to an activating group) is 2. The summed E-state index contributed by atoms with van der Waals surface area (Å²) in [6.07, 6.45) is 0. The quantitative estimate of drug-likeness (QED) is 0.790. The van der Waals surface area contributed by atoms with Crippen LogP contribution < -0.4 is 0 Å². The van der Waals surface area contributed by atoms with Gasteiger partial charge in [-0.05, 0) is 32.0 Å². The van der Waals surface area contributed by atoms with Crippen molar-refractivity contribution in [2.45, 2.75) is 13.8 Å². The molecule has 110 valence electrons. The molecule has 6 nitrogen and oxygen atoms in total. The number of rotatable bonds is 5. The van der Waals surface area contributed by atoms with Crippen LogP contribution in [0.15, 0.2) is 18.2 Å². The Hall–Kier alpha value is -2.24. The molecule has 2 amide bonds. The van der Waals surface area contributed by atoms with E-state index < -0.39 is 0 Å². The molecule has 0 aromatic heterocycles. The van der Waals surface area contributed by atoms with Crippen molar-refractivity contribution in [3.63, 3.8) is 0 Å². The summed E-state index contributed by atoms with van der Waals surface area (Å²) in [5, 5.41) is 18.6. The molecule has 6 heteroatoms. The fourth-order valence-electron chi connectivity index (χ4n) is 1.83. The van der Waals surface area contributed by atoms with E-state index in [2.05, 4.69) is 0 Å². The molecule has 0 aliphatic heterocycles. The molecule has 0 saturated carbocycles. The summed E-state index contributed by atoms with van der Waals surface area (Å²) in [7, 11) is 1.52. The minimum atomic E-state index is -0.388. The summed E-state index contributed by atoms with van der Waals surface area (Å²) in [5.41, 5.74) is 0.218. The third kappa shape index (κ3) is 3.63. The maximum atomic E-state index is 12.1. The minimum absolute atomic E-state index is 0.0256. The third-order valence-corrected chi connectivity index (χ3v) is 3.06. The standard InChI is InChI=1S/C14H20N2O4/c1-4-16(5-2)13(19)9-15(3)14(20)10-6-7-11(17)12(18)8-10/h6-8,17-18H,4-5,9H2,1-3H3.